The van der Waals surface area contributed by atoms with Crippen LogP contribution in [0.25, 0.3) is 0 Å². The van der Waals surface area contributed by atoms with Crippen LogP contribution in [-0.2, 0) is 10.0 Å². The minimum Gasteiger partial charge on any atom is -0.346 e. The van der Waals surface area contributed by atoms with Crippen molar-refractivity contribution < 1.29 is 13.2 Å². The van der Waals surface area contributed by atoms with Crippen molar-refractivity contribution in [3.05, 3.63) is 65.7 Å². The van der Waals surface area contributed by atoms with E-state index in [1.807, 2.05) is 44.2 Å². The van der Waals surface area contributed by atoms with Gasteiger partial charge < -0.3 is 5.32 Å². The Labute approximate surface area is 161 Å². The van der Waals surface area contributed by atoms with Gasteiger partial charge in [0.05, 0.1) is 10.9 Å². The fourth-order valence-corrected chi connectivity index (χ4v) is 5.21. The van der Waals surface area contributed by atoms with Gasteiger partial charge in [0.1, 0.15) is 0 Å². The normalized spacial score (nSPS) is 19.4. The SMILES string of the molecule is C[C@H](NC(=O)c1cccc(S(=O)(=O)N2CCCC[C@H]2C)c1)c1ccccc1. The summed E-state index contributed by atoms with van der Waals surface area (Å²) in [6, 6.07) is 15.8. The topological polar surface area (TPSA) is 66.5 Å². The molecule has 2 aromatic carbocycles. The molecular formula is C21H26N2O3S. The summed E-state index contributed by atoms with van der Waals surface area (Å²) in [4.78, 5) is 12.8. The number of nitrogens with one attached hydrogen (secondary N) is 1. The molecule has 0 radical (unpaired) electrons. The average Bonchev–Trinajstić information content (AvgIpc) is 2.69. The number of nitrogens with zero attached hydrogens (tertiary/aromatic N) is 1. The van der Waals surface area contributed by atoms with Crippen molar-refractivity contribution in [2.24, 2.45) is 0 Å². The molecule has 0 aromatic heterocycles. The zero-order chi connectivity index (χ0) is 19.4. The van der Waals surface area contributed by atoms with Crippen molar-refractivity contribution in [1.82, 2.24) is 9.62 Å². The van der Waals surface area contributed by atoms with E-state index in [4.69, 9.17) is 0 Å². The summed E-state index contributed by atoms with van der Waals surface area (Å²) in [5, 5.41) is 2.93. The number of carbonyl (C=O) groups excluding carboxylic acids is 1. The van der Waals surface area contributed by atoms with Gasteiger partial charge >= 0.3 is 0 Å². The number of carbonyl (C=O) groups is 1. The molecule has 1 aliphatic heterocycles. The zero-order valence-electron chi connectivity index (χ0n) is 15.8. The van der Waals surface area contributed by atoms with Crippen molar-refractivity contribution >= 4 is 15.9 Å². The van der Waals surface area contributed by atoms with E-state index in [-0.39, 0.29) is 22.9 Å². The van der Waals surface area contributed by atoms with Crippen molar-refractivity contribution in [3.8, 4) is 0 Å². The third-order valence-corrected chi connectivity index (χ3v) is 7.10. The van der Waals surface area contributed by atoms with Gasteiger partial charge in [-0.1, -0.05) is 42.8 Å². The molecule has 2 atom stereocenters. The van der Waals surface area contributed by atoms with Crippen LogP contribution in [0, 0.1) is 0 Å². The van der Waals surface area contributed by atoms with Crippen LogP contribution >= 0.6 is 0 Å². The van der Waals surface area contributed by atoms with E-state index in [9.17, 15) is 13.2 Å². The Bertz CT molecular complexity index is 897. The Morgan fingerprint density at radius 3 is 2.56 bits per heavy atom. The van der Waals surface area contributed by atoms with Gasteiger partial charge in [0, 0.05) is 18.2 Å². The first-order chi connectivity index (χ1) is 12.9. The summed E-state index contributed by atoms with van der Waals surface area (Å²) in [6.07, 6.45) is 2.79. The number of benzene rings is 2. The molecule has 1 heterocycles. The summed E-state index contributed by atoms with van der Waals surface area (Å²) >= 11 is 0. The Kier molecular flexibility index (Phi) is 5.97. The van der Waals surface area contributed by atoms with Crippen LogP contribution in [0.3, 0.4) is 0 Å². The van der Waals surface area contributed by atoms with Gasteiger partial charge in [-0.15, -0.1) is 0 Å². The number of hydrogen-bond donors (Lipinski definition) is 1. The van der Waals surface area contributed by atoms with Crippen LogP contribution in [0.4, 0.5) is 0 Å². The standard InChI is InChI=1S/C21H26N2O3S/c1-16-9-6-7-14-23(16)27(25,26)20-13-8-12-19(15-20)21(24)22-17(2)18-10-4-3-5-11-18/h3-5,8,10-13,15-17H,6-7,9,14H2,1-2H3,(H,22,24)/t16-,17+/m1/s1. The van der Waals surface area contributed by atoms with E-state index in [0.29, 0.717) is 12.1 Å². The number of amides is 1. The lowest BCUT2D eigenvalue weighted by Gasteiger charge is -2.32. The monoisotopic (exact) mass is 386 g/mol. The maximum absolute atomic E-state index is 13.0. The predicted octanol–water partition coefficient (Wildman–Crippen LogP) is 3.74. The Morgan fingerprint density at radius 1 is 1.11 bits per heavy atom. The first kappa shape index (κ1) is 19.6. The van der Waals surface area contributed by atoms with Crippen LogP contribution in [0.1, 0.15) is 55.1 Å². The van der Waals surface area contributed by atoms with Crippen LogP contribution < -0.4 is 5.32 Å². The van der Waals surface area contributed by atoms with Crippen LogP contribution in [0.5, 0.6) is 0 Å². The fraction of sp³-hybridized carbons (Fsp3) is 0.381. The van der Waals surface area contributed by atoms with E-state index in [2.05, 4.69) is 5.32 Å². The molecule has 5 nitrogen and oxygen atoms in total. The number of rotatable bonds is 5. The molecular weight excluding hydrogens is 360 g/mol. The van der Waals surface area contributed by atoms with Crippen molar-refractivity contribution in [2.75, 3.05) is 6.54 Å². The quantitative estimate of drug-likeness (QED) is 0.851. The summed E-state index contributed by atoms with van der Waals surface area (Å²) in [6.45, 7) is 4.38. The number of piperidine rings is 1. The molecule has 1 saturated heterocycles. The van der Waals surface area contributed by atoms with Gasteiger partial charge in [0.15, 0.2) is 0 Å². The second kappa shape index (κ2) is 8.23. The second-order valence-electron chi connectivity index (χ2n) is 7.09. The number of hydrogen-bond acceptors (Lipinski definition) is 3. The minimum absolute atomic E-state index is 0.0145. The highest BCUT2D eigenvalue weighted by molar-refractivity contribution is 7.89. The first-order valence-corrected chi connectivity index (χ1v) is 10.8. The highest BCUT2D eigenvalue weighted by atomic mass is 32.2. The fourth-order valence-electron chi connectivity index (χ4n) is 3.47. The maximum atomic E-state index is 13.0. The molecule has 144 valence electrons. The Balaban J connectivity index is 1.79. The van der Waals surface area contributed by atoms with Gasteiger partial charge in [0.2, 0.25) is 10.0 Å². The van der Waals surface area contributed by atoms with Crippen LogP contribution in [0.2, 0.25) is 0 Å². The molecule has 0 spiro atoms. The smallest absolute Gasteiger partial charge is 0.251 e. The largest absolute Gasteiger partial charge is 0.346 e. The molecule has 1 fully saturated rings. The Hall–Kier alpha value is -2.18. The lowest BCUT2D eigenvalue weighted by molar-refractivity contribution is 0.0939. The van der Waals surface area contributed by atoms with Crippen molar-refractivity contribution in [1.29, 1.82) is 0 Å². The molecule has 3 rings (SSSR count). The molecule has 0 bridgehead atoms. The molecule has 6 heteroatoms. The number of sulfonamides is 1. The molecule has 0 unspecified atom stereocenters. The van der Waals surface area contributed by atoms with E-state index in [1.165, 1.54) is 6.07 Å². The van der Waals surface area contributed by atoms with E-state index < -0.39 is 10.0 Å². The highest BCUT2D eigenvalue weighted by Crippen LogP contribution is 2.25. The molecule has 1 aliphatic rings. The van der Waals surface area contributed by atoms with Gasteiger partial charge in [-0.05, 0) is 50.5 Å². The minimum atomic E-state index is -3.59. The summed E-state index contributed by atoms with van der Waals surface area (Å²) in [5.41, 5.74) is 1.35. The molecule has 1 amide bonds. The van der Waals surface area contributed by atoms with Gasteiger partial charge in [-0.25, -0.2) is 8.42 Å². The molecule has 1 N–H and O–H groups in total. The molecule has 0 aliphatic carbocycles. The molecule has 2 aromatic rings. The molecule has 27 heavy (non-hydrogen) atoms. The lowest BCUT2D eigenvalue weighted by Crippen LogP contribution is -2.42. The third kappa shape index (κ3) is 4.39. The summed E-state index contributed by atoms with van der Waals surface area (Å²) in [5.74, 6) is -0.282. The highest BCUT2D eigenvalue weighted by Gasteiger charge is 2.31. The zero-order valence-corrected chi connectivity index (χ0v) is 16.6. The lowest BCUT2D eigenvalue weighted by atomic mass is 10.1. The van der Waals surface area contributed by atoms with Crippen molar-refractivity contribution in [3.63, 3.8) is 0 Å². The van der Waals surface area contributed by atoms with Gasteiger partial charge in [0.25, 0.3) is 5.91 Å². The van der Waals surface area contributed by atoms with Crippen LogP contribution in [-0.4, -0.2) is 31.2 Å². The first-order valence-electron chi connectivity index (χ1n) is 9.37. The van der Waals surface area contributed by atoms with E-state index in [1.54, 1.807) is 22.5 Å². The van der Waals surface area contributed by atoms with E-state index in [0.717, 1.165) is 24.8 Å². The predicted molar refractivity (Wildman–Crippen MR) is 106 cm³/mol. The van der Waals surface area contributed by atoms with Crippen LogP contribution in [0.15, 0.2) is 59.5 Å². The second-order valence-corrected chi connectivity index (χ2v) is 8.98. The third-order valence-electron chi connectivity index (χ3n) is 5.09. The summed E-state index contributed by atoms with van der Waals surface area (Å²) in [7, 11) is -3.59. The maximum Gasteiger partial charge on any atom is 0.251 e. The summed E-state index contributed by atoms with van der Waals surface area (Å²) < 4.78 is 27.6. The van der Waals surface area contributed by atoms with Gasteiger partial charge in [-0.3, -0.25) is 4.79 Å². The average molecular weight is 387 g/mol. The van der Waals surface area contributed by atoms with E-state index >= 15 is 0 Å². The van der Waals surface area contributed by atoms with Crippen molar-refractivity contribution in [2.45, 2.75) is 50.1 Å². The molecule has 0 saturated carbocycles. The van der Waals surface area contributed by atoms with Gasteiger partial charge in [-0.2, -0.15) is 4.31 Å². The Morgan fingerprint density at radius 2 is 1.85 bits per heavy atom.